The molecule has 8 nitrogen and oxygen atoms in total. The number of anilines is 1. The van der Waals surface area contributed by atoms with Crippen LogP contribution in [-0.2, 0) is 0 Å². The summed E-state index contributed by atoms with van der Waals surface area (Å²) in [6.07, 6.45) is 2.39. The van der Waals surface area contributed by atoms with Crippen molar-refractivity contribution in [3.05, 3.63) is 84.3 Å². The minimum atomic E-state index is -2.36. The fraction of sp³-hybridized carbons (Fsp3) is 0.0909. The van der Waals surface area contributed by atoms with Gasteiger partial charge in [0.05, 0.1) is 18.1 Å². The number of carbonyl (C=O) groups excluding carboxylic acids is 1. The predicted molar refractivity (Wildman–Crippen MR) is 113 cm³/mol. The number of amides is 1. The van der Waals surface area contributed by atoms with E-state index in [0.29, 0.717) is 33.6 Å². The van der Waals surface area contributed by atoms with Crippen LogP contribution in [0.1, 0.15) is 22.0 Å². The van der Waals surface area contributed by atoms with E-state index in [-0.39, 0.29) is 5.82 Å². The summed E-state index contributed by atoms with van der Waals surface area (Å²) in [5.41, 5.74) is 8.67. The van der Waals surface area contributed by atoms with Gasteiger partial charge in [0, 0.05) is 22.9 Å². The van der Waals surface area contributed by atoms with Crippen LogP contribution in [0.15, 0.2) is 73.2 Å². The van der Waals surface area contributed by atoms with E-state index in [9.17, 15) is 14.3 Å². The first-order chi connectivity index (χ1) is 15.0. The Morgan fingerprint density at radius 2 is 1.84 bits per heavy atom. The zero-order chi connectivity index (χ0) is 21.8. The number of hydrogen-bond acceptors (Lipinski definition) is 6. The van der Waals surface area contributed by atoms with Crippen molar-refractivity contribution in [1.29, 1.82) is 0 Å². The van der Waals surface area contributed by atoms with E-state index in [1.165, 1.54) is 6.20 Å². The lowest BCUT2D eigenvalue weighted by atomic mass is 9.97. The number of nitrogens with one attached hydrogen (secondary N) is 2. The molecule has 0 saturated carbocycles. The highest BCUT2D eigenvalue weighted by Gasteiger charge is 2.27. The molecule has 156 valence electrons. The lowest BCUT2D eigenvalue weighted by Crippen LogP contribution is -2.34. The van der Waals surface area contributed by atoms with Gasteiger partial charge in [0.25, 0.3) is 5.91 Å². The van der Waals surface area contributed by atoms with Crippen LogP contribution < -0.4 is 11.1 Å². The average Bonchev–Trinajstić information content (AvgIpc) is 3.33. The van der Waals surface area contributed by atoms with E-state index in [0.717, 1.165) is 0 Å². The molecule has 2 atom stereocenters. The number of H-pyrrole nitrogens is 1. The summed E-state index contributed by atoms with van der Waals surface area (Å²) in [7, 11) is 0. The second kappa shape index (κ2) is 8.72. The van der Waals surface area contributed by atoms with Gasteiger partial charge in [-0.05, 0) is 17.7 Å². The number of nitrogens with zero attached hydrogens (tertiary/aromatic N) is 3. The molecule has 0 fully saturated rings. The Balaban J connectivity index is 1.75. The molecule has 4 aromatic rings. The Labute approximate surface area is 177 Å². The van der Waals surface area contributed by atoms with Crippen molar-refractivity contribution in [2.45, 2.75) is 12.4 Å². The standard InChI is InChI=1S/C22H19FN6O2/c23-20(30)18(29-22(31)13-6-2-1-3-7-13)15-8-4-5-9-16(15)19-21(24)25-12-17(28-19)14-10-26-27-11-14/h1-12,18,20,30H,(H2,24,25)(H,26,27)(H,29,31)/t18-,20+/m0/s1. The SMILES string of the molecule is Nc1ncc(-c2cn[nH]c2)nc1-c1ccccc1[C@H](NC(=O)c1ccccc1)[C@@H](O)F. The van der Waals surface area contributed by atoms with Crippen molar-refractivity contribution in [3.8, 4) is 22.5 Å². The smallest absolute Gasteiger partial charge is 0.251 e. The average molecular weight is 418 g/mol. The van der Waals surface area contributed by atoms with Crippen molar-refractivity contribution in [2.75, 3.05) is 5.73 Å². The topological polar surface area (TPSA) is 130 Å². The maximum Gasteiger partial charge on any atom is 0.251 e. The molecule has 0 saturated heterocycles. The molecule has 4 rings (SSSR count). The van der Waals surface area contributed by atoms with E-state index >= 15 is 0 Å². The molecule has 0 radical (unpaired) electrons. The van der Waals surface area contributed by atoms with E-state index in [4.69, 9.17) is 5.73 Å². The van der Waals surface area contributed by atoms with Crippen LogP contribution in [0.2, 0.25) is 0 Å². The maximum atomic E-state index is 14.3. The van der Waals surface area contributed by atoms with Gasteiger partial charge >= 0.3 is 0 Å². The number of nitrogens with two attached hydrogens (primary N) is 1. The summed E-state index contributed by atoms with van der Waals surface area (Å²) in [5.74, 6) is -0.399. The minimum absolute atomic E-state index is 0.126. The first-order valence-electron chi connectivity index (χ1n) is 9.43. The first-order valence-corrected chi connectivity index (χ1v) is 9.43. The molecule has 0 aliphatic rings. The molecule has 9 heteroatoms. The van der Waals surface area contributed by atoms with Crippen LogP contribution in [0.3, 0.4) is 0 Å². The quantitative estimate of drug-likeness (QED) is 0.381. The number of aromatic nitrogens is 4. The van der Waals surface area contributed by atoms with Gasteiger partial charge in [-0.1, -0.05) is 42.5 Å². The number of benzene rings is 2. The number of hydrogen-bond donors (Lipinski definition) is 4. The normalized spacial score (nSPS) is 12.8. The van der Waals surface area contributed by atoms with Crippen molar-refractivity contribution in [1.82, 2.24) is 25.5 Å². The van der Waals surface area contributed by atoms with Gasteiger partial charge in [-0.2, -0.15) is 5.10 Å². The highest BCUT2D eigenvalue weighted by atomic mass is 19.1. The number of alkyl halides is 1. The molecule has 2 heterocycles. The zero-order valence-electron chi connectivity index (χ0n) is 16.2. The molecule has 2 aromatic carbocycles. The third-order valence-corrected chi connectivity index (χ3v) is 4.74. The molecule has 0 unspecified atom stereocenters. The lowest BCUT2D eigenvalue weighted by Gasteiger charge is -2.22. The van der Waals surface area contributed by atoms with Gasteiger partial charge in [0.15, 0.2) is 0 Å². The van der Waals surface area contributed by atoms with Crippen LogP contribution in [-0.4, -0.2) is 37.5 Å². The number of aliphatic hydroxyl groups is 1. The molecular formula is C22H19FN6O2. The highest BCUT2D eigenvalue weighted by Crippen LogP contribution is 2.33. The van der Waals surface area contributed by atoms with Crippen LogP contribution >= 0.6 is 0 Å². The molecule has 0 spiro atoms. The Kier molecular flexibility index (Phi) is 5.67. The number of carbonyl (C=O) groups is 1. The summed E-state index contributed by atoms with van der Waals surface area (Å²) in [6.45, 7) is 0. The van der Waals surface area contributed by atoms with Crippen LogP contribution in [0.5, 0.6) is 0 Å². The van der Waals surface area contributed by atoms with Crippen molar-refractivity contribution < 1.29 is 14.3 Å². The number of nitrogen functional groups attached to an aromatic ring is 1. The molecule has 2 aromatic heterocycles. The Hall–Kier alpha value is -4.11. The number of aliphatic hydroxyl groups excluding tert-OH is 1. The molecular weight excluding hydrogens is 399 g/mol. The van der Waals surface area contributed by atoms with Gasteiger partial charge in [0.2, 0.25) is 6.36 Å². The molecule has 0 aliphatic carbocycles. The molecule has 1 amide bonds. The summed E-state index contributed by atoms with van der Waals surface area (Å²) >= 11 is 0. The second-order valence-corrected chi connectivity index (χ2v) is 6.75. The van der Waals surface area contributed by atoms with Crippen molar-refractivity contribution >= 4 is 11.7 Å². The monoisotopic (exact) mass is 418 g/mol. The van der Waals surface area contributed by atoms with Crippen molar-refractivity contribution in [3.63, 3.8) is 0 Å². The van der Waals surface area contributed by atoms with Crippen LogP contribution in [0.4, 0.5) is 10.2 Å². The summed E-state index contributed by atoms with van der Waals surface area (Å²) < 4.78 is 14.3. The molecule has 0 aliphatic heterocycles. The summed E-state index contributed by atoms with van der Waals surface area (Å²) in [6, 6.07) is 13.7. The third-order valence-electron chi connectivity index (χ3n) is 4.74. The number of aromatic amines is 1. The van der Waals surface area contributed by atoms with E-state index < -0.39 is 18.3 Å². The van der Waals surface area contributed by atoms with E-state index in [1.807, 2.05) is 0 Å². The Morgan fingerprint density at radius 1 is 1.10 bits per heavy atom. The predicted octanol–water partition coefficient (Wildman–Crippen LogP) is 2.87. The molecule has 5 N–H and O–H groups in total. The minimum Gasteiger partial charge on any atom is -0.382 e. The van der Waals surface area contributed by atoms with Gasteiger partial charge in [-0.15, -0.1) is 0 Å². The third kappa shape index (κ3) is 4.26. The van der Waals surface area contributed by atoms with Crippen molar-refractivity contribution in [2.24, 2.45) is 0 Å². The van der Waals surface area contributed by atoms with Gasteiger partial charge < -0.3 is 16.2 Å². The largest absolute Gasteiger partial charge is 0.382 e. The lowest BCUT2D eigenvalue weighted by molar-refractivity contribution is 0.00652. The molecule has 0 bridgehead atoms. The van der Waals surface area contributed by atoms with Gasteiger partial charge in [-0.25, -0.2) is 14.4 Å². The number of rotatable bonds is 6. The number of halogens is 1. The fourth-order valence-electron chi connectivity index (χ4n) is 3.22. The fourth-order valence-corrected chi connectivity index (χ4v) is 3.22. The molecule has 31 heavy (non-hydrogen) atoms. The summed E-state index contributed by atoms with van der Waals surface area (Å²) in [4.78, 5) is 21.4. The van der Waals surface area contributed by atoms with Gasteiger partial charge in [-0.3, -0.25) is 9.89 Å². The second-order valence-electron chi connectivity index (χ2n) is 6.75. The zero-order valence-corrected chi connectivity index (χ0v) is 16.2. The highest BCUT2D eigenvalue weighted by molar-refractivity contribution is 5.94. The maximum absolute atomic E-state index is 14.3. The van der Waals surface area contributed by atoms with E-state index in [1.54, 1.807) is 67.0 Å². The first kappa shape index (κ1) is 20.2. The van der Waals surface area contributed by atoms with Crippen LogP contribution in [0.25, 0.3) is 22.5 Å². The van der Waals surface area contributed by atoms with E-state index in [2.05, 4.69) is 25.5 Å². The van der Waals surface area contributed by atoms with Crippen LogP contribution in [0, 0.1) is 0 Å². The summed E-state index contributed by atoms with van der Waals surface area (Å²) in [5, 5.41) is 19.0. The Bertz CT molecular complexity index is 1180. The van der Waals surface area contributed by atoms with Gasteiger partial charge in [0.1, 0.15) is 17.6 Å². The Morgan fingerprint density at radius 3 is 2.55 bits per heavy atom.